The standard InChI is InChI=1S/C11H10N2O3S/c1-7-4-12-11(13-5-7)17-6-8-2-3-16-9(8)10(14)15/h2-5H,6H2,1H3,(H,14,15). The first-order chi connectivity index (χ1) is 8.16. The van der Waals surface area contributed by atoms with E-state index in [2.05, 4.69) is 9.97 Å². The van der Waals surface area contributed by atoms with Crippen molar-refractivity contribution in [2.75, 3.05) is 0 Å². The second-order valence-corrected chi connectivity index (χ2v) is 4.35. The Hall–Kier alpha value is -1.82. The molecule has 88 valence electrons. The molecule has 0 bridgehead atoms. The summed E-state index contributed by atoms with van der Waals surface area (Å²) in [6.07, 6.45) is 4.82. The van der Waals surface area contributed by atoms with Gasteiger partial charge in [-0.15, -0.1) is 0 Å². The molecule has 0 aromatic carbocycles. The van der Waals surface area contributed by atoms with Crippen molar-refractivity contribution in [1.82, 2.24) is 9.97 Å². The molecular formula is C11H10N2O3S. The van der Waals surface area contributed by atoms with Gasteiger partial charge in [-0.2, -0.15) is 0 Å². The molecule has 2 aromatic rings. The summed E-state index contributed by atoms with van der Waals surface area (Å²) >= 11 is 1.37. The molecule has 6 heteroatoms. The fourth-order valence-electron chi connectivity index (χ4n) is 1.23. The Balaban J connectivity index is 2.05. The molecule has 0 atom stereocenters. The van der Waals surface area contributed by atoms with Crippen LogP contribution in [-0.4, -0.2) is 21.0 Å². The SMILES string of the molecule is Cc1cnc(SCc2ccoc2C(=O)O)nc1. The number of nitrogens with zero attached hydrogens (tertiary/aromatic N) is 2. The number of aromatic carboxylic acids is 1. The minimum Gasteiger partial charge on any atom is -0.475 e. The lowest BCUT2D eigenvalue weighted by Crippen LogP contribution is -1.98. The Bertz CT molecular complexity index is 522. The third kappa shape index (κ3) is 2.85. The van der Waals surface area contributed by atoms with Crippen LogP contribution in [0.5, 0.6) is 0 Å². The Labute approximate surface area is 102 Å². The number of hydrogen-bond acceptors (Lipinski definition) is 5. The topological polar surface area (TPSA) is 76.2 Å². The van der Waals surface area contributed by atoms with E-state index in [1.54, 1.807) is 18.5 Å². The van der Waals surface area contributed by atoms with Crippen molar-refractivity contribution in [3.8, 4) is 0 Å². The predicted octanol–water partition coefficient (Wildman–Crippen LogP) is 2.37. The number of hydrogen-bond donors (Lipinski definition) is 1. The zero-order valence-electron chi connectivity index (χ0n) is 9.08. The fourth-order valence-corrected chi connectivity index (χ4v) is 2.00. The van der Waals surface area contributed by atoms with Crippen molar-refractivity contribution in [1.29, 1.82) is 0 Å². The van der Waals surface area contributed by atoms with E-state index in [-0.39, 0.29) is 5.76 Å². The Morgan fingerprint density at radius 2 is 2.18 bits per heavy atom. The average Bonchev–Trinajstić information content (AvgIpc) is 2.76. The fraction of sp³-hybridized carbons (Fsp3) is 0.182. The van der Waals surface area contributed by atoms with Gasteiger partial charge in [0.15, 0.2) is 5.16 Å². The van der Waals surface area contributed by atoms with Crippen LogP contribution < -0.4 is 0 Å². The van der Waals surface area contributed by atoms with Crippen molar-refractivity contribution < 1.29 is 14.3 Å². The van der Waals surface area contributed by atoms with Gasteiger partial charge in [0.1, 0.15) is 0 Å². The minimum absolute atomic E-state index is 0.0235. The van der Waals surface area contributed by atoms with Crippen LogP contribution in [0.2, 0.25) is 0 Å². The van der Waals surface area contributed by atoms with Crippen LogP contribution in [-0.2, 0) is 5.75 Å². The van der Waals surface area contributed by atoms with Crippen LogP contribution in [0, 0.1) is 6.92 Å². The predicted molar refractivity (Wildman–Crippen MR) is 62.0 cm³/mol. The Morgan fingerprint density at radius 1 is 1.47 bits per heavy atom. The Kier molecular flexibility index (Phi) is 3.43. The van der Waals surface area contributed by atoms with Crippen molar-refractivity contribution in [2.45, 2.75) is 17.8 Å². The van der Waals surface area contributed by atoms with Crippen molar-refractivity contribution in [3.05, 3.63) is 41.6 Å². The molecule has 2 rings (SSSR count). The number of rotatable bonds is 4. The summed E-state index contributed by atoms with van der Waals surface area (Å²) < 4.78 is 4.88. The largest absolute Gasteiger partial charge is 0.475 e. The van der Waals surface area contributed by atoms with E-state index in [0.717, 1.165) is 5.56 Å². The average molecular weight is 250 g/mol. The molecule has 5 nitrogen and oxygen atoms in total. The summed E-state index contributed by atoms with van der Waals surface area (Å²) in [6, 6.07) is 1.64. The first-order valence-corrected chi connectivity index (χ1v) is 5.86. The summed E-state index contributed by atoms with van der Waals surface area (Å²) in [5, 5.41) is 9.47. The zero-order chi connectivity index (χ0) is 12.3. The molecule has 0 unspecified atom stereocenters. The molecule has 0 aliphatic rings. The van der Waals surface area contributed by atoms with Crippen LogP contribution >= 0.6 is 11.8 Å². The number of aryl methyl sites for hydroxylation is 1. The first-order valence-electron chi connectivity index (χ1n) is 4.88. The van der Waals surface area contributed by atoms with Crippen LogP contribution in [0.25, 0.3) is 0 Å². The molecule has 0 aliphatic heterocycles. The maximum Gasteiger partial charge on any atom is 0.372 e. The molecule has 0 saturated carbocycles. The van der Waals surface area contributed by atoms with Gasteiger partial charge in [0, 0.05) is 23.7 Å². The number of aromatic nitrogens is 2. The highest BCUT2D eigenvalue weighted by molar-refractivity contribution is 7.98. The molecule has 0 radical (unpaired) electrons. The number of carbonyl (C=O) groups is 1. The van der Waals surface area contributed by atoms with Gasteiger partial charge in [0.25, 0.3) is 0 Å². The van der Waals surface area contributed by atoms with E-state index in [1.165, 1.54) is 18.0 Å². The highest BCUT2D eigenvalue weighted by Gasteiger charge is 2.14. The van der Waals surface area contributed by atoms with Gasteiger partial charge in [-0.25, -0.2) is 14.8 Å². The lowest BCUT2D eigenvalue weighted by molar-refractivity contribution is 0.0661. The van der Waals surface area contributed by atoms with E-state index < -0.39 is 5.97 Å². The highest BCUT2D eigenvalue weighted by atomic mass is 32.2. The van der Waals surface area contributed by atoms with Gasteiger partial charge in [-0.3, -0.25) is 0 Å². The highest BCUT2D eigenvalue weighted by Crippen LogP contribution is 2.22. The lowest BCUT2D eigenvalue weighted by atomic mass is 10.3. The summed E-state index contributed by atoms with van der Waals surface area (Å²) in [7, 11) is 0. The van der Waals surface area contributed by atoms with Gasteiger partial charge >= 0.3 is 5.97 Å². The van der Waals surface area contributed by atoms with E-state index in [4.69, 9.17) is 9.52 Å². The summed E-state index contributed by atoms with van der Waals surface area (Å²) in [5.74, 6) is -0.610. The minimum atomic E-state index is -1.06. The number of thioether (sulfide) groups is 1. The maximum absolute atomic E-state index is 10.8. The van der Waals surface area contributed by atoms with Crippen molar-refractivity contribution in [3.63, 3.8) is 0 Å². The molecule has 0 aliphatic carbocycles. The van der Waals surface area contributed by atoms with Gasteiger partial charge in [-0.1, -0.05) is 11.8 Å². The molecule has 17 heavy (non-hydrogen) atoms. The first kappa shape index (κ1) is 11.7. The van der Waals surface area contributed by atoms with E-state index in [1.807, 2.05) is 6.92 Å². The van der Waals surface area contributed by atoms with Crippen molar-refractivity contribution >= 4 is 17.7 Å². The van der Waals surface area contributed by atoms with Gasteiger partial charge in [-0.05, 0) is 18.6 Å². The number of carboxylic acids is 1. The van der Waals surface area contributed by atoms with Gasteiger partial charge in [0.2, 0.25) is 5.76 Å². The van der Waals surface area contributed by atoms with Gasteiger partial charge in [0.05, 0.1) is 6.26 Å². The van der Waals surface area contributed by atoms with Crippen LogP contribution in [0.1, 0.15) is 21.7 Å². The quantitative estimate of drug-likeness (QED) is 0.663. The monoisotopic (exact) mass is 250 g/mol. The molecule has 1 N–H and O–H groups in total. The normalized spacial score (nSPS) is 10.4. The molecule has 0 fully saturated rings. The number of furan rings is 1. The van der Waals surface area contributed by atoms with Gasteiger partial charge < -0.3 is 9.52 Å². The smallest absolute Gasteiger partial charge is 0.372 e. The third-order valence-electron chi connectivity index (χ3n) is 2.06. The molecular weight excluding hydrogens is 240 g/mol. The molecule has 0 spiro atoms. The molecule has 0 saturated heterocycles. The van der Waals surface area contributed by atoms with Crippen LogP contribution in [0.4, 0.5) is 0 Å². The van der Waals surface area contributed by atoms with E-state index in [9.17, 15) is 4.79 Å². The van der Waals surface area contributed by atoms with Crippen molar-refractivity contribution in [2.24, 2.45) is 0 Å². The third-order valence-corrected chi connectivity index (χ3v) is 2.98. The molecule has 2 heterocycles. The van der Waals surface area contributed by atoms with E-state index >= 15 is 0 Å². The second-order valence-electron chi connectivity index (χ2n) is 3.41. The summed E-state index contributed by atoms with van der Waals surface area (Å²) in [4.78, 5) is 19.1. The Morgan fingerprint density at radius 3 is 2.82 bits per heavy atom. The summed E-state index contributed by atoms with van der Waals surface area (Å²) in [6.45, 7) is 1.91. The van der Waals surface area contributed by atoms with E-state index in [0.29, 0.717) is 16.5 Å². The van der Waals surface area contributed by atoms with Crippen LogP contribution in [0.15, 0.2) is 34.3 Å². The molecule has 0 amide bonds. The maximum atomic E-state index is 10.8. The lowest BCUT2D eigenvalue weighted by Gasteiger charge is -1.99. The zero-order valence-corrected chi connectivity index (χ0v) is 9.90. The number of carboxylic acid groups (broad SMARTS) is 1. The molecule has 2 aromatic heterocycles. The second kappa shape index (κ2) is 5.01. The van der Waals surface area contributed by atoms with Crippen LogP contribution in [0.3, 0.4) is 0 Å². The summed E-state index contributed by atoms with van der Waals surface area (Å²) in [5.41, 5.74) is 1.62.